The van der Waals surface area contributed by atoms with E-state index in [0.717, 1.165) is 12.1 Å². The van der Waals surface area contributed by atoms with E-state index in [1.807, 2.05) is 0 Å². The van der Waals surface area contributed by atoms with Crippen LogP contribution in [0.4, 0.5) is 0 Å². The highest BCUT2D eigenvalue weighted by molar-refractivity contribution is 6.54. The fraction of sp³-hybridized carbons (Fsp3) is 1.00. The third-order valence-electron chi connectivity index (χ3n) is 3.35. The molecule has 0 aliphatic heterocycles. The second-order valence-electron chi connectivity index (χ2n) is 5.14. The Morgan fingerprint density at radius 2 is 1.75 bits per heavy atom. The van der Waals surface area contributed by atoms with Crippen molar-refractivity contribution in [3.63, 3.8) is 0 Å². The summed E-state index contributed by atoms with van der Waals surface area (Å²) in [6.45, 7) is 11.6. The third-order valence-corrected chi connectivity index (χ3v) is 7.60. The van der Waals surface area contributed by atoms with Gasteiger partial charge >= 0.3 is 0 Å². The van der Waals surface area contributed by atoms with E-state index >= 15 is 0 Å². The minimum Gasteiger partial charge on any atom is -0.340 e. The number of nitrogens with one attached hydrogen (secondary N) is 2. The van der Waals surface area contributed by atoms with Crippen LogP contribution in [0.15, 0.2) is 0 Å². The lowest BCUT2D eigenvalue weighted by Crippen LogP contribution is -2.37. The molecule has 2 nitrogen and oxygen atoms in total. The molecule has 2 N–H and O–H groups in total. The minimum absolute atomic E-state index is 0.0221. The largest absolute Gasteiger partial charge is 0.340 e. The normalized spacial score (nSPS) is 17.8. The molecule has 3 atom stereocenters. The zero-order valence-corrected chi connectivity index (χ0v) is 14.5. The second-order valence-corrected chi connectivity index (χ2v) is 9.46. The summed E-state index contributed by atoms with van der Waals surface area (Å²) in [7, 11) is -0.586. The van der Waals surface area contributed by atoms with Crippen molar-refractivity contribution in [2.75, 3.05) is 0 Å². The van der Waals surface area contributed by atoms with Gasteiger partial charge < -0.3 is 9.96 Å². The van der Waals surface area contributed by atoms with Gasteiger partial charge in [-0.25, -0.2) is 0 Å². The molecule has 0 bridgehead atoms. The van der Waals surface area contributed by atoms with E-state index in [0.29, 0.717) is 0 Å². The van der Waals surface area contributed by atoms with Crippen LogP contribution in [-0.4, -0.2) is 30.7 Å². The summed E-state index contributed by atoms with van der Waals surface area (Å²) < 4.78 is 0. The predicted molar refractivity (Wildman–Crippen MR) is 81.6 cm³/mol. The fourth-order valence-corrected chi connectivity index (χ4v) is 6.13. The zero-order chi connectivity index (χ0) is 12.4. The van der Waals surface area contributed by atoms with Gasteiger partial charge in [-0.3, -0.25) is 0 Å². The molecule has 0 fully saturated rings. The van der Waals surface area contributed by atoms with Gasteiger partial charge in [0.2, 0.25) is 0 Å². The van der Waals surface area contributed by atoms with Crippen molar-refractivity contribution < 1.29 is 0 Å². The van der Waals surface area contributed by atoms with Crippen LogP contribution in [0.1, 0.15) is 47.0 Å². The second kappa shape index (κ2) is 10.5. The van der Waals surface area contributed by atoms with Crippen LogP contribution in [0, 0.1) is 0 Å². The Balaban J connectivity index is 3.30. The summed E-state index contributed by atoms with van der Waals surface area (Å²) in [5.74, 6) is 0. The average molecular weight is 261 g/mol. The molecule has 0 heterocycles. The molecule has 0 aromatic rings. The van der Waals surface area contributed by atoms with Crippen LogP contribution < -0.4 is 9.96 Å². The lowest BCUT2D eigenvalue weighted by atomic mass is 10.3. The van der Waals surface area contributed by atoms with E-state index in [4.69, 9.17) is 0 Å². The molecule has 0 saturated heterocycles. The van der Waals surface area contributed by atoms with Crippen molar-refractivity contribution in [3.05, 3.63) is 0 Å². The highest BCUT2D eigenvalue weighted by Crippen LogP contribution is 2.01. The van der Waals surface area contributed by atoms with Gasteiger partial charge in [0, 0.05) is 0 Å². The van der Waals surface area contributed by atoms with Gasteiger partial charge in [-0.1, -0.05) is 46.7 Å². The minimum atomic E-state index is -0.608. The van der Waals surface area contributed by atoms with Crippen LogP contribution >= 0.6 is 0 Å². The SMILES string of the molecule is CCC(C)N[SiH2]CCC[SiH](C)NC(C)CC. The van der Waals surface area contributed by atoms with Gasteiger partial charge in [0.05, 0.1) is 9.68 Å². The van der Waals surface area contributed by atoms with Crippen LogP contribution in [0.2, 0.25) is 18.6 Å². The molecule has 0 aromatic heterocycles. The smallest absolute Gasteiger partial charge is 0.105 e. The Bertz CT molecular complexity index is 156. The average Bonchev–Trinajstić information content (AvgIpc) is 2.27. The molecule has 98 valence electrons. The summed E-state index contributed by atoms with van der Waals surface area (Å²) in [6, 6.07) is 4.43. The van der Waals surface area contributed by atoms with Gasteiger partial charge in [0.25, 0.3) is 0 Å². The molecule has 3 unspecified atom stereocenters. The summed E-state index contributed by atoms with van der Waals surface area (Å²) in [4.78, 5) is 7.47. The highest BCUT2D eigenvalue weighted by atomic mass is 28.3. The van der Waals surface area contributed by atoms with E-state index in [-0.39, 0.29) is 9.68 Å². The van der Waals surface area contributed by atoms with Crippen molar-refractivity contribution >= 4 is 18.6 Å². The number of hydrogen-bond donors (Lipinski definition) is 2. The van der Waals surface area contributed by atoms with E-state index in [1.165, 1.54) is 31.4 Å². The molecule has 4 heteroatoms. The topological polar surface area (TPSA) is 24.1 Å². The molecule has 0 saturated carbocycles. The summed E-state index contributed by atoms with van der Waals surface area (Å²) in [5.41, 5.74) is 0. The van der Waals surface area contributed by atoms with Crippen molar-refractivity contribution in [1.82, 2.24) is 9.96 Å². The first-order valence-electron chi connectivity index (χ1n) is 7.09. The predicted octanol–water partition coefficient (Wildman–Crippen LogP) is 2.01. The fourth-order valence-electron chi connectivity index (χ4n) is 1.76. The maximum absolute atomic E-state index is 3.77. The molecule has 0 amide bonds. The van der Waals surface area contributed by atoms with Crippen LogP contribution in [0.25, 0.3) is 0 Å². The molecule has 16 heavy (non-hydrogen) atoms. The maximum Gasteiger partial charge on any atom is 0.105 e. The number of rotatable bonds is 10. The van der Waals surface area contributed by atoms with E-state index < -0.39 is 8.96 Å². The molecule has 0 rings (SSSR count). The summed E-state index contributed by atoms with van der Waals surface area (Å²) in [5, 5.41) is 0. The van der Waals surface area contributed by atoms with Crippen LogP contribution in [0.3, 0.4) is 0 Å². The zero-order valence-electron chi connectivity index (χ0n) is 12.0. The maximum atomic E-state index is 3.77. The van der Waals surface area contributed by atoms with Gasteiger partial charge in [-0.2, -0.15) is 0 Å². The molecule has 0 radical (unpaired) electrons. The summed E-state index contributed by atoms with van der Waals surface area (Å²) >= 11 is 0. The van der Waals surface area contributed by atoms with Gasteiger partial charge in [-0.15, -0.1) is 0 Å². The molecule has 0 aliphatic rings. The van der Waals surface area contributed by atoms with E-state index in [9.17, 15) is 0 Å². The lowest BCUT2D eigenvalue weighted by molar-refractivity contribution is 0.645. The quantitative estimate of drug-likeness (QED) is 0.464. The van der Waals surface area contributed by atoms with Crippen LogP contribution in [0.5, 0.6) is 0 Å². The first kappa shape index (κ1) is 16.4. The molecule has 0 aliphatic carbocycles. The van der Waals surface area contributed by atoms with Crippen molar-refractivity contribution in [2.45, 2.75) is 77.7 Å². The van der Waals surface area contributed by atoms with Crippen molar-refractivity contribution in [1.29, 1.82) is 0 Å². The Hall–Kier alpha value is 0.354. The van der Waals surface area contributed by atoms with Crippen molar-refractivity contribution in [3.8, 4) is 0 Å². The molecule has 0 spiro atoms. The number of hydrogen-bond acceptors (Lipinski definition) is 2. The Morgan fingerprint density at radius 3 is 2.31 bits per heavy atom. The first-order chi connectivity index (χ1) is 7.60. The Morgan fingerprint density at radius 1 is 1.12 bits per heavy atom. The van der Waals surface area contributed by atoms with Gasteiger partial charge in [0.1, 0.15) is 8.96 Å². The van der Waals surface area contributed by atoms with Gasteiger partial charge in [-0.05, 0) is 31.0 Å². The highest BCUT2D eigenvalue weighted by Gasteiger charge is 2.06. The summed E-state index contributed by atoms with van der Waals surface area (Å²) in [6.07, 6.45) is 3.99. The Kier molecular flexibility index (Phi) is 10.7. The molecular formula is C12H32N2Si2. The molecular weight excluding hydrogens is 228 g/mol. The van der Waals surface area contributed by atoms with E-state index in [1.54, 1.807) is 0 Å². The van der Waals surface area contributed by atoms with E-state index in [2.05, 4.69) is 44.2 Å². The first-order valence-corrected chi connectivity index (χ1v) is 11.3. The Labute approximate surface area is 107 Å². The van der Waals surface area contributed by atoms with Crippen molar-refractivity contribution in [2.24, 2.45) is 0 Å². The third kappa shape index (κ3) is 9.57. The molecule has 0 aromatic carbocycles. The monoisotopic (exact) mass is 260 g/mol. The standard InChI is InChI=1S/C12H32N2Si2/c1-6-11(3)13-15-9-8-10-16(5)14-12(4)7-2/h11-14,16H,6-10,15H2,1-5H3. The lowest BCUT2D eigenvalue weighted by Gasteiger charge is -2.17. The van der Waals surface area contributed by atoms with Crippen LogP contribution in [-0.2, 0) is 0 Å². The van der Waals surface area contributed by atoms with Gasteiger partial charge in [0.15, 0.2) is 0 Å².